The first kappa shape index (κ1) is 17.7. The van der Waals surface area contributed by atoms with Gasteiger partial charge in [-0.3, -0.25) is 9.36 Å². The van der Waals surface area contributed by atoms with Crippen molar-refractivity contribution in [1.82, 2.24) is 9.55 Å². The minimum atomic E-state index is -0.170. The molecule has 1 atom stereocenters. The monoisotopic (exact) mass is 349 g/mol. The van der Waals surface area contributed by atoms with Gasteiger partial charge in [0.2, 0.25) is 0 Å². The van der Waals surface area contributed by atoms with Gasteiger partial charge in [-0.15, -0.1) is 0 Å². The Bertz CT molecular complexity index is 889. The summed E-state index contributed by atoms with van der Waals surface area (Å²) in [5.74, 6) is 1.41. The SMILES string of the molecule is CCOc1ccc(-n2ccnc(NCC(C)c3ccccc3)c2=O)cc1. The summed E-state index contributed by atoms with van der Waals surface area (Å²) in [5, 5.41) is 3.18. The van der Waals surface area contributed by atoms with Crippen LogP contribution < -0.4 is 15.6 Å². The molecule has 1 heterocycles. The van der Waals surface area contributed by atoms with Crippen LogP contribution in [-0.4, -0.2) is 22.7 Å². The van der Waals surface area contributed by atoms with Crippen LogP contribution in [0.4, 0.5) is 5.82 Å². The quantitative estimate of drug-likeness (QED) is 0.704. The molecule has 134 valence electrons. The van der Waals surface area contributed by atoms with E-state index < -0.39 is 0 Å². The minimum Gasteiger partial charge on any atom is -0.494 e. The van der Waals surface area contributed by atoms with Crippen molar-refractivity contribution in [2.75, 3.05) is 18.5 Å². The average Bonchev–Trinajstić information content (AvgIpc) is 2.69. The lowest BCUT2D eigenvalue weighted by molar-refractivity contribution is 0.340. The zero-order valence-corrected chi connectivity index (χ0v) is 15.1. The van der Waals surface area contributed by atoms with Crippen molar-refractivity contribution in [3.63, 3.8) is 0 Å². The van der Waals surface area contributed by atoms with Gasteiger partial charge < -0.3 is 10.1 Å². The van der Waals surface area contributed by atoms with E-state index >= 15 is 0 Å². The predicted octanol–water partition coefficient (Wildman–Crippen LogP) is 3.85. The maximum atomic E-state index is 12.7. The number of nitrogens with one attached hydrogen (secondary N) is 1. The molecular formula is C21H23N3O2. The van der Waals surface area contributed by atoms with Crippen molar-refractivity contribution in [2.24, 2.45) is 0 Å². The highest BCUT2D eigenvalue weighted by Crippen LogP contribution is 2.16. The van der Waals surface area contributed by atoms with Crippen molar-refractivity contribution in [3.05, 3.63) is 82.9 Å². The molecule has 1 N–H and O–H groups in total. The van der Waals surface area contributed by atoms with E-state index in [0.717, 1.165) is 11.4 Å². The summed E-state index contributed by atoms with van der Waals surface area (Å²) in [6.07, 6.45) is 3.30. The lowest BCUT2D eigenvalue weighted by Gasteiger charge is -2.14. The fourth-order valence-corrected chi connectivity index (χ4v) is 2.75. The molecule has 0 bridgehead atoms. The predicted molar refractivity (Wildman–Crippen MR) is 104 cm³/mol. The van der Waals surface area contributed by atoms with Crippen LogP contribution in [0.5, 0.6) is 5.75 Å². The van der Waals surface area contributed by atoms with Crippen LogP contribution in [0.15, 0.2) is 71.8 Å². The molecule has 0 saturated heterocycles. The van der Waals surface area contributed by atoms with E-state index in [9.17, 15) is 4.79 Å². The molecule has 0 radical (unpaired) electrons. The van der Waals surface area contributed by atoms with Gasteiger partial charge in [0.05, 0.1) is 6.61 Å². The first-order valence-corrected chi connectivity index (χ1v) is 8.78. The van der Waals surface area contributed by atoms with Crippen LogP contribution in [0.1, 0.15) is 25.3 Å². The summed E-state index contributed by atoms with van der Waals surface area (Å²) in [7, 11) is 0. The first-order chi connectivity index (χ1) is 12.7. The number of aromatic nitrogens is 2. The van der Waals surface area contributed by atoms with Crippen LogP contribution in [0.3, 0.4) is 0 Å². The van der Waals surface area contributed by atoms with Crippen LogP contribution in [0.2, 0.25) is 0 Å². The van der Waals surface area contributed by atoms with Crippen molar-refractivity contribution in [1.29, 1.82) is 0 Å². The van der Waals surface area contributed by atoms with Gasteiger partial charge in [0.15, 0.2) is 5.82 Å². The molecule has 5 heteroatoms. The largest absolute Gasteiger partial charge is 0.494 e. The molecule has 0 aliphatic carbocycles. The van der Waals surface area contributed by atoms with Crippen molar-refractivity contribution < 1.29 is 4.74 Å². The van der Waals surface area contributed by atoms with E-state index in [2.05, 4.69) is 29.4 Å². The Kier molecular flexibility index (Phi) is 5.69. The summed E-state index contributed by atoms with van der Waals surface area (Å²) in [6, 6.07) is 17.7. The topological polar surface area (TPSA) is 56.1 Å². The minimum absolute atomic E-state index is 0.170. The molecule has 3 aromatic rings. The Morgan fingerprint density at radius 1 is 1.12 bits per heavy atom. The van der Waals surface area contributed by atoms with Gasteiger partial charge >= 0.3 is 0 Å². The molecule has 26 heavy (non-hydrogen) atoms. The highest BCUT2D eigenvalue weighted by atomic mass is 16.5. The van der Waals surface area contributed by atoms with Crippen LogP contribution >= 0.6 is 0 Å². The molecule has 0 saturated carbocycles. The van der Waals surface area contributed by atoms with Gasteiger partial charge in [-0.05, 0) is 42.7 Å². The van der Waals surface area contributed by atoms with Crippen molar-refractivity contribution >= 4 is 5.82 Å². The lowest BCUT2D eigenvalue weighted by atomic mass is 10.0. The summed E-state index contributed by atoms with van der Waals surface area (Å²) in [6.45, 7) is 5.31. The third kappa shape index (κ3) is 4.11. The molecule has 0 aliphatic rings. The second kappa shape index (κ2) is 8.34. The number of ether oxygens (including phenoxy) is 1. The highest BCUT2D eigenvalue weighted by molar-refractivity contribution is 5.41. The maximum Gasteiger partial charge on any atom is 0.297 e. The third-order valence-corrected chi connectivity index (χ3v) is 4.21. The fraction of sp³-hybridized carbons (Fsp3) is 0.238. The van der Waals surface area contributed by atoms with Crippen LogP contribution in [0, 0.1) is 0 Å². The molecule has 0 fully saturated rings. The normalized spacial score (nSPS) is 11.8. The van der Waals surface area contributed by atoms with E-state index in [-0.39, 0.29) is 11.5 Å². The van der Waals surface area contributed by atoms with E-state index in [4.69, 9.17) is 4.74 Å². The van der Waals surface area contributed by atoms with Gasteiger partial charge in [0.1, 0.15) is 5.75 Å². The van der Waals surface area contributed by atoms with Gasteiger partial charge in [0.25, 0.3) is 5.56 Å². The fourth-order valence-electron chi connectivity index (χ4n) is 2.75. The first-order valence-electron chi connectivity index (χ1n) is 8.78. The lowest BCUT2D eigenvalue weighted by Crippen LogP contribution is -2.24. The van der Waals surface area contributed by atoms with Gasteiger partial charge in [-0.25, -0.2) is 4.98 Å². The van der Waals surface area contributed by atoms with E-state index in [1.165, 1.54) is 5.56 Å². The number of nitrogens with zero attached hydrogens (tertiary/aromatic N) is 2. The van der Waals surface area contributed by atoms with E-state index in [0.29, 0.717) is 19.0 Å². The number of hydrogen-bond acceptors (Lipinski definition) is 4. The van der Waals surface area contributed by atoms with Gasteiger partial charge in [-0.1, -0.05) is 37.3 Å². The number of anilines is 1. The zero-order valence-electron chi connectivity index (χ0n) is 15.1. The molecule has 1 aromatic heterocycles. The average molecular weight is 349 g/mol. The zero-order chi connectivity index (χ0) is 18.4. The Morgan fingerprint density at radius 3 is 2.54 bits per heavy atom. The highest BCUT2D eigenvalue weighted by Gasteiger charge is 2.09. The Balaban J connectivity index is 1.76. The molecule has 0 amide bonds. The Morgan fingerprint density at radius 2 is 1.85 bits per heavy atom. The third-order valence-electron chi connectivity index (χ3n) is 4.21. The van der Waals surface area contributed by atoms with E-state index in [1.807, 2.05) is 49.4 Å². The van der Waals surface area contributed by atoms with Gasteiger partial charge in [0, 0.05) is 24.6 Å². The molecular weight excluding hydrogens is 326 g/mol. The second-order valence-electron chi connectivity index (χ2n) is 6.07. The Hall–Kier alpha value is -3.08. The molecule has 0 aliphatic heterocycles. The van der Waals surface area contributed by atoms with E-state index in [1.54, 1.807) is 17.0 Å². The Labute approximate surface area is 153 Å². The number of hydrogen-bond donors (Lipinski definition) is 1. The smallest absolute Gasteiger partial charge is 0.297 e. The summed E-state index contributed by atoms with van der Waals surface area (Å²) < 4.78 is 7.03. The molecule has 3 rings (SSSR count). The second-order valence-corrected chi connectivity index (χ2v) is 6.07. The van der Waals surface area contributed by atoms with Gasteiger partial charge in [-0.2, -0.15) is 0 Å². The van der Waals surface area contributed by atoms with Crippen molar-refractivity contribution in [2.45, 2.75) is 19.8 Å². The van der Waals surface area contributed by atoms with Crippen molar-refractivity contribution in [3.8, 4) is 11.4 Å². The molecule has 2 aromatic carbocycles. The summed E-state index contributed by atoms with van der Waals surface area (Å²) in [4.78, 5) is 16.9. The van der Waals surface area contributed by atoms with Crippen LogP contribution in [0.25, 0.3) is 5.69 Å². The summed E-state index contributed by atoms with van der Waals surface area (Å²) in [5.41, 5.74) is 1.83. The number of rotatable bonds is 7. The maximum absolute atomic E-state index is 12.7. The standard InChI is InChI=1S/C21H23N3O2/c1-3-26-19-11-9-18(10-12-19)24-14-13-22-20(21(24)25)23-15-16(2)17-7-5-4-6-8-17/h4-14,16H,3,15H2,1-2H3,(H,22,23). The molecule has 0 spiro atoms. The van der Waals surface area contributed by atoms with Crippen LogP contribution in [-0.2, 0) is 0 Å². The molecule has 1 unspecified atom stereocenters. The summed E-state index contributed by atoms with van der Waals surface area (Å²) >= 11 is 0. The molecule has 5 nitrogen and oxygen atoms in total. The number of benzene rings is 2.